The van der Waals surface area contributed by atoms with Gasteiger partial charge in [-0.1, -0.05) is 31.4 Å². The van der Waals surface area contributed by atoms with Crippen molar-refractivity contribution in [3.8, 4) is 5.75 Å². The smallest absolute Gasteiger partial charge is 0.490 e. The van der Waals surface area contributed by atoms with Crippen molar-refractivity contribution >= 4 is 12.6 Å². The SMILES string of the molecule is CC(Oc1cccc(B2OC(C)(C)C(C)(C)O2)c1)C1CCCCC1. The summed E-state index contributed by atoms with van der Waals surface area (Å²) in [6, 6.07) is 8.19. The maximum absolute atomic E-state index is 6.25. The second kappa shape index (κ2) is 6.72. The van der Waals surface area contributed by atoms with Crippen molar-refractivity contribution in [2.24, 2.45) is 5.92 Å². The van der Waals surface area contributed by atoms with Gasteiger partial charge in [-0.25, -0.2) is 0 Å². The molecular weight excluding hydrogens is 299 g/mol. The van der Waals surface area contributed by atoms with Crippen LogP contribution in [0, 0.1) is 5.92 Å². The summed E-state index contributed by atoms with van der Waals surface area (Å²) in [6.45, 7) is 10.5. The lowest BCUT2D eigenvalue weighted by molar-refractivity contribution is 0.00578. The Balaban J connectivity index is 1.68. The van der Waals surface area contributed by atoms with Crippen LogP contribution in [-0.2, 0) is 9.31 Å². The maximum atomic E-state index is 6.25. The molecule has 3 rings (SSSR count). The van der Waals surface area contributed by atoms with E-state index in [1.165, 1.54) is 32.1 Å². The van der Waals surface area contributed by atoms with Crippen molar-refractivity contribution in [1.29, 1.82) is 0 Å². The highest BCUT2D eigenvalue weighted by Crippen LogP contribution is 2.36. The fourth-order valence-corrected chi connectivity index (χ4v) is 3.63. The highest BCUT2D eigenvalue weighted by Gasteiger charge is 2.51. The molecule has 0 radical (unpaired) electrons. The normalized spacial score (nSPS) is 24.8. The molecule has 1 heterocycles. The molecule has 1 aromatic rings. The van der Waals surface area contributed by atoms with Gasteiger partial charge in [0.1, 0.15) is 5.75 Å². The van der Waals surface area contributed by atoms with Crippen LogP contribution in [0.1, 0.15) is 66.7 Å². The molecule has 0 amide bonds. The molecule has 2 fully saturated rings. The standard InChI is InChI=1S/C20H31BO3/c1-15(16-10-7-6-8-11-16)22-18-13-9-12-17(14-18)21-23-19(2,3)20(4,5)24-21/h9,12-16H,6-8,10-11H2,1-5H3. The maximum Gasteiger partial charge on any atom is 0.494 e. The van der Waals surface area contributed by atoms with Crippen molar-refractivity contribution in [3.63, 3.8) is 0 Å². The summed E-state index contributed by atoms with van der Waals surface area (Å²) in [5.74, 6) is 1.60. The Morgan fingerprint density at radius 2 is 1.67 bits per heavy atom. The lowest BCUT2D eigenvalue weighted by Crippen LogP contribution is -2.41. The zero-order valence-corrected chi connectivity index (χ0v) is 15.8. The molecule has 1 saturated heterocycles. The molecule has 132 valence electrons. The van der Waals surface area contributed by atoms with Gasteiger partial charge in [-0.3, -0.25) is 0 Å². The minimum Gasteiger partial charge on any atom is -0.490 e. The zero-order chi connectivity index (χ0) is 17.4. The lowest BCUT2D eigenvalue weighted by Gasteiger charge is -2.32. The van der Waals surface area contributed by atoms with Crippen LogP contribution in [-0.4, -0.2) is 24.4 Å². The van der Waals surface area contributed by atoms with E-state index in [4.69, 9.17) is 14.0 Å². The Bertz CT molecular complexity index is 548. The number of ether oxygens (including phenoxy) is 1. The van der Waals surface area contributed by atoms with E-state index < -0.39 is 0 Å². The Kier molecular flexibility index (Phi) is 4.99. The van der Waals surface area contributed by atoms with Gasteiger partial charge in [0.15, 0.2) is 0 Å². The predicted octanol–water partition coefficient (Wildman–Crippen LogP) is 4.33. The average Bonchev–Trinajstić information content (AvgIpc) is 2.76. The summed E-state index contributed by atoms with van der Waals surface area (Å²) in [6.07, 6.45) is 6.90. The molecule has 0 aromatic heterocycles. The summed E-state index contributed by atoms with van der Waals surface area (Å²) in [5, 5.41) is 0. The lowest BCUT2D eigenvalue weighted by atomic mass is 9.79. The molecule has 1 saturated carbocycles. The third-order valence-corrected chi connectivity index (χ3v) is 6.02. The number of rotatable bonds is 4. The van der Waals surface area contributed by atoms with Crippen LogP contribution in [0.2, 0.25) is 0 Å². The van der Waals surface area contributed by atoms with Crippen molar-refractivity contribution < 1.29 is 14.0 Å². The Morgan fingerprint density at radius 1 is 1.04 bits per heavy atom. The van der Waals surface area contributed by atoms with Gasteiger partial charge in [-0.15, -0.1) is 0 Å². The second-order valence-electron chi connectivity index (χ2n) is 8.38. The van der Waals surface area contributed by atoms with E-state index in [9.17, 15) is 0 Å². The van der Waals surface area contributed by atoms with Gasteiger partial charge in [0.25, 0.3) is 0 Å². The van der Waals surface area contributed by atoms with Gasteiger partial charge >= 0.3 is 7.12 Å². The highest BCUT2D eigenvalue weighted by atomic mass is 16.7. The summed E-state index contributed by atoms with van der Waals surface area (Å²) >= 11 is 0. The number of benzene rings is 1. The van der Waals surface area contributed by atoms with E-state index in [0.717, 1.165) is 11.2 Å². The molecule has 1 atom stereocenters. The molecule has 1 aliphatic carbocycles. The van der Waals surface area contributed by atoms with Crippen molar-refractivity contribution in [2.45, 2.75) is 84.0 Å². The molecule has 4 heteroatoms. The molecule has 1 aromatic carbocycles. The first kappa shape index (κ1) is 17.8. The second-order valence-corrected chi connectivity index (χ2v) is 8.38. The molecule has 0 N–H and O–H groups in total. The third-order valence-electron chi connectivity index (χ3n) is 6.02. The van der Waals surface area contributed by atoms with Crippen LogP contribution in [0.15, 0.2) is 24.3 Å². The molecule has 0 bridgehead atoms. The van der Waals surface area contributed by atoms with Crippen LogP contribution in [0.5, 0.6) is 5.75 Å². The Labute approximate surface area is 147 Å². The minimum absolute atomic E-state index is 0.263. The fourth-order valence-electron chi connectivity index (χ4n) is 3.63. The first-order valence-electron chi connectivity index (χ1n) is 9.41. The molecule has 2 aliphatic rings. The number of hydrogen-bond donors (Lipinski definition) is 0. The summed E-state index contributed by atoms with van der Waals surface area (Å²) in [4.78, 5) is 0. The minimum atomic E-state index is -0.330. The van der Waals surface area contributed by atoms with E-state index in [-0.39, 0.29) is 24.4 Å². The van der Waals surface area contributed by atoms with Gasteiger partial charge in [0.05, 0.1) is 17.3 Å². The molecule has 1 aliphatic heterocycles. The van der Waals surface area contributed by atoms with Crippen LogP contribution in [0.25, 0.3) is 0 Å². The fraction of sp³-hybridized carbons (Fsp3) is 0.700. The molecule has 0 spiro atoms. The largest absolute Gasteiger partial charge is 0.494 e. The molecular formula is C20H31BO3. The van der Waals surface area contributed by atoms with Crippen LogP contribution in [0.4, 0.5) is 0 Å². The van der Waals surface area contributed by atoms with Gasteiger partial charge in [0.2, 0.25) is 0 Å². The predicted molar refractivity (Wildman–Crippen MR) is 98.8 cm³/mol. The topological polar surface area (TPSA) is 27.7 Å². The van der Waals surface area contributed by atoms with E-state index in [1.807, 2.05) is 12.1 Å². The van der Waals surface area contributed by atoms with Crippen LogP contribution >= 0.6 is 0 Å². The first-order valence-corrected chi connectivity index (χ1v) is 9.41. The van der Waals surface area contributed by atoms with E-state index in [0.29, 0.717) is 5.92 Å². The van der Waals surface area contributed by atoms with Crippen molar-refractivity contribution in [2.75, 3.05) is 0 Å². The average molecular weight is 330 g/mol. The van der Waals surface area contributed by atoms with Crippen LogP contribution in [0.3, 0.4) is 0 Å². The highest BCUT2D eigenvalue weighted by molar-refractivity contribution is 6.62. The van der Waals surface area contributed by atoms with Gasteiger partial charge in [-0.05, 0) is 71.0 Å². The molecule has 1 unspecified atom stereocenters. The van der Waals surface area contributed by atoms with Crippen molar-refractivity contribution in [3.05, 3.63) is 24.3 Å². The quantitative estimate of drug-likeness (QED) is 0.769. The summed E-state index contributed by atoms with van der Waals surface area (Å²) in [7, 11) is -0.330. The van der Waals surface area contributed by atoms with Gasteiger partial charge in [-0.2, -0.15) is 0 Å². The monoisotopic (exact) mass is 330 g/mol. The van der Waals surface area contributed by atoms with Gasteiger partial charge in [0, 0.05) is 0 Å². The van der Waals surface area contributed by atoms with E-state index in [1.54, 1.807) is 0 Å². The summed E-state index contributed by atoms with van der Waals surface area (Å²) < 4.78 is 18.5. The summed E-state index contributed by atoms with van der Waals surface area (Å²) in [5.41, 5.74) is 0.399. The third kappa shape index (κ3) is 3.65. The van der Waals surface area contributed by atoms with Gasteiger partial charge < -0.3 is 14.0 Å². The van der Waals surface area contributed by atoms with Crippen LogP contribution < -0.4 is 10.2 Å². The zero-order valence-electron chi connectivity index (χ0n) is 15.8. The van der Waals surface area contributed by atoms with Crippen molar-refractivity contribution in [1.82, 2.24) is 0 Å². The Morgan fingerprint density at radius 3 is 2.29 bits per heavy atom. The van der Waals surface area contributed by atoms with E-state index in [2.05, 4.69) is 46.8 Å². The molecule has 3 nitrogen and oxygen atoms in total. The Hall–Kier alpha value is -0.995. The first-order chi connectivity index (χ1) is 11.3. The number of hydrogen-bond acceptors (Lipinski definition) is 3. The van der Waals surface area contributed by atoms with E-state index >= 15 is 0 Å². The molecule has 24 heavy (non-hydrogen) atoms.